The van der Waals surface area contributed by atoms with Crippen LogP contribution in [-0.2, 0) is 20.9 Å². The maximum Gasteiger partial charge on any atom is 0.227 e. The number of hydrogen-bond donors (Lipinski definition) is 0. The number of hydrogen-bond acceptors (Lipinski definition) is 4. The van der Waals surface area contributed by atoms with Crippen LogP contribution in [0.25, 0.3) is 0 Å². The van der Waals surface area contributed by atoms with Crippen LogP contribution in [0.3, 0.4) is 0 Å². The minimum absolute atomic E-state index is 0.0945. The first kappa shape index (κ1) is 20.5. The Morgan fingerprint density at radius 2 is 1.81 bits per heavy atom. The van der Waals surface area contributed by atoms with Crippen molar-refractivity contribution in [2.45, 2.75) is 58.9 Å². The fourth-order valence-electron chi connectivity index (χ4n) is 7.15. The van der Waals surface area contributed by atoms with E-state index in [0.717, 1.165) is 29.9 Å². The van der Waals surface area contributed by atoms with Gasteiger partial charge in [0, 0.05) is 41.7 Å². The zero-order valence-corrected chi connectivity index (χ0v) is 18.6. The van der Waals surface area contributed by atoms with Gasteiger partial charge in [-0.25, -0.2) is 0 Å². The lowest BCUT2D eigenvalue weighted by Crippen LogP contribution is -2.57. The Morgan fingerprint density at radius 3 is 2.52 bits per heavy atom. The summed E-state index contributed by atoms with van der Waals surface area (Å²) in [4.78, 5) is 41.0. The third kappa shape index (κ3) is 2.92. The maximum atomic E-state index is 13.5. The van der Waals surface area contributed by atoms with Gasteiger partial charge in [-0.15, -0.1) is 0 Å². The summed E-state index contributed by atoms with van der Waals surface area (Å²) in [7, 11) is 1.64. The molecule has 1 aliphatic heterocycles. The second kappa shape index (κ2) is 7.04. The van der Waals surface area contributed by atoms with E-state index in [4.69, 9.17) is 4.74 Å². The van der Waals surface area contributed by atoms with Crippen molar-refractivity contribution in [3.05, 3.63) is 41.6 Å². The van der Waals surface area contributed by atoms with Crippen molar-refractivity contribution in [1.82, 2.24) is 4.90 Å². The lowest BCUT2D eigenvalue weighted by atomic mass is 9.49. The van der Waals surface area contributed by atoms with E-state index in [9.17, 15) is 14.4 Å². The van der Waals surface area contributed by atoms with Crippen LogP contribution in [0, 0.1) is 28.6 Å². The van der Waals surface area contributed by atoms with Crippen LogP contribution in [0.15, 0.2) is 36.0 Å². The van der Waals surface area contributed by atoms with Gasteiger partial charge in [0.15, 0.2) is 0 Å². The third-order valence-corrected chi connectivity index (χ3v) is 8.78. The minimum atomic E-state index is -0.479. The van der Waals surface area contributed by atoms with E-state index in [0.29, 0.717) is 32.2 Å². The van der Waals surface area contributed by atoms with Gasteiger partial charge < -0.3 is 9.64 Å². The summed E-state index contributed by atoms with van der Waals surface area (Å²) in [5.41, 5.74) is 1.24. The van der Waals surface area contributed by atoms with E-state index in [-0.39, 0.29) is 40.6 Å². The van der Waals surface area contributed by atoms with Gasteiger partial charge in [0.25, 0.3) is 0 Å². The Morgan fingerprint density at radius 1 is 1.06 bits per heavy atom. The number of piperidine rings is 1. The van der Waals surface area contributed by atoms with E-state index in [1.165, 1.54) is 0 Å². The molecule has 0 aromatic heterocycles. The Bertz CT molecular complexity index is 980. The molecule has 5 heteroatoms. The molecule has 1 saturated heterocycles. The molecule has 3 aliphatic carbocycles. The number of nitrogens with zero attached hydrogens (tertiary/aromatic N) is 1. The molecule has 0 spiro atoms. The highest BCUT2D eigenvalue weighted by atomic mass is 16.5. The zero-order chi connectivity index (χ0) is 22.0. The molecule has 2 saturated carbocycles. The predicted molar refractivity (Wildman–Crippen MR) is 116 cm³/mol. The van der Waals surface area contributed by atoms with Gasteiger partial charge in [-0.3, -0.25) is 14.4 Å². The zero-order valence-electron chi connectivity index (χ0n) is 18.6. The second-order valence-corrected chi connectivity index (χ2v) is 10.3. The summed E-state index contributed by atoms with van der Waals surface area (Å²) in [6.45, 7) is 4.71. The van der Waals surface area contributed by atoms with Gasteiger partial charge in [-0.1, -0.05) is 32.1 Å². The normalized spacial score (nSPS) is 37.1. The average molecular weight is 422 g/mol. The fourth-order valence-corrected chi connectivity index (χ4v) is 7.15. The standard InChI is InChI=1S/C26H31NO4/c1-25-13-12-23(30)27(15-16-4-6-17(31-3)7-5-16)21(25)10-8-18-19-9-11-22(29)26(19,2)14-20(28)24(18)25/h4-7,10,18-19,24H,8-9,11-15H2,1-3H3/t18-,19-,24+,25-,26-/m0/s1. The van der Waals surface area contributed by atoms with Crippen molar-refractivity contribution < 1.29 is 19.1 Å². The number of carbonyl (C=O) groups is 3. The van der Waals surface area contributed by atoms with Gasteiger partial charge in [0.2, 0.25) is 5.91 Å². The van der Waals surface area contributed by atoms with E-state index in [1.807, 2.05) is 36.1 Å². The second-order valence-electron chi connectivity index (χ2n) is 10.3. The van der Waals surface area contributed by atoms with Crippen LogP contribution >= 0.6 is 0 Å². The number of carbonyl (C=O) groups excluding carboxylic acids is 3. The monoisotopic (exact) mass is 421 g/mol. The number of Topliss-reactive ketones (excluding diaryl/α,β-unsaturated/α-hetero) is 2. The molecule has 3 fully saturated rings. The molecule has 1 heterocycles. The SMILES string of the molecule is COc1ccc(CN2C(=O)CC[C@@]3(C)C2=CC[C@@H]2[C@@H]3C(=O)C[C@]3(C)C(=O)CC[C@@H]23)cc1. The van der Waals surface area contributed by atoms with Crippen LogP contribution in [0.4, 0.5) is 0 Å². The smallest absolute Gasteiger partial charge is 0.227 e. The Kier molecular flexibility index (Phi) is 4.65. The van der Waals surface area contributed by atoms with Crippen molar-refractivity contribution in [2.75, 3.05) is 7.11 Å². The van der Waals surface area contributed by atoms with E-state index < -0.39 is 5.41 Å². The van der Waals surface area contributed by atoms with Crippen molar-refractivity contribution >= 4 is 17.5 Å². The number of ketones is 2. The molecule has 5 nitrogen and oxygen atoms in total. The molecule has 4 aliphatic rings. The number of amides is 1. The summed E-state index contributed by atoms with van der Waals surface area (Å²) in [5.74, 6) is 1.81. The number of allylic oxidation sites excluding steroid dienone is 2. The molecule has 1 aromatic rings. The van der Waals surface area contributed by atoms with Gasteiger partial charge in [0.05, 0.1) is 13.7 Å². The molecule has 0 bridgehead atoms. The van der Waals surface area contributed by atoms with Gasteiger partial charge >= 0.3 is 0 Å². The van der Waals surface area contributed by atoms with Crippen molar-refractivity contribution in [1.29, 1.82) is 0 Å². The van der Waals surface area contributed by atoms with Crippen LogP contribution in [0.2, 0.25) is 0 Å². The first-order valence-electron chi connectivity index (χ1n) is 11.5. The van der Waals surface area contributed by atoms with Gasteiger partial charge in [-0.2, -0.15) is 0 Å². The van der Waals surface area contributed by atoms with Crippen molar-refractivity contribution in [3.63, 3.8) is 0 Å². The van der Waals surface area contributed by atoms with Crippen molar-refractivity contribution in [3.8, 4) is 5.75 Å². The molecule has 5 atom stereocenters. The number of methoxy groups -OCH3 is 1. The molecule has 0 unspecified atom stereocenters. The first-order valence-corrected chi connectivity index (χ1v) is 11.5. The number of ether oxygens (including phenoxy) is 1. The molecule has 164 valence electrons. The lowest BCUT2D eigenvalue weighted by molar-refractivity contribution is -0.152. The Labute approximate surface area is 183 Å². The predicted octanol–water partition coefficient (Wildman–Crippen LogP) is 4.30. The average Bonchev–Trinajstić information content (AvgIpc) is 3.04. The molecule has 31 heavy (non-hydrogen) atoms. The van der Waals surface area contributed by atoms with Crippen LogP contribution in [-0.4, -0.2) is 29.5 Å². The van der Waals surface area contributed by atoms with Crippen LogP contribution in [0.5, 0.6) is 5.75 Å². The number of rotatable bonds is 3. The van der Waals surface area contributed by atoms with Crippen LogP contribution in [0.1, 0.15) is 57.9 Å². The molecule has 0 N–H and O–H groups in total. The molecular formula is C26H31NO4. The molecule has 5 rings (SSSR count). The fraction of sp³-hybridized carbons (Fsp3) is 0.577. The lowest BCUT2D eigenvalue weighted by Gasteiger charge is -2.56. The third-order valence-electron chi connectivity index (χ3n) is 8.78. The number of likely N-dealkylation sites (tertiary alicyclic amines) is 1. The van der Waals surface area contributed by atoms with E-state index in [2.05, 4.69) is 13.0 Å². The maximum absolute atomic E-state index is 13.5. The molecular weight excluding hydrogens is 390 g/mol. The van der Waals surface area contributed by atoms with E-state index >= 15 is 0 Å². The molecule has 1 amide bonds. The first-order chi connectivity index (χ1) is 14.8. The quantitative estimate of drug-likeness (QED) is 0.730. The highest BCUT2D eigenvalue weighted by Gasteiger charge is 2.62. The summed E-state index contributed by atoms with van der Waals surface area (Å²) in [5, 5.41) is 0. The highest BCUT2D eigenvalue weighted by Crippen LogP contribution is 2.62. The number of benzene rings is 1. The Hall–Kier alpha value is -2.43. The molecule has 0 radical (unpaired) electrons. The minimum Gasteiger partial charge on any atom is -0.497 e. The van der Waals surface area contributed by atoms with E-state index in [1.54, 1.807) is 7.11 Å². The van der Waals surface area contributed by atoms with Crippen LogP contribution < -0.4 is 4.74 Å². The largest absolute Gasteiger partial charge is 0.497 e. The summed E-state index contributed by atoms with van der Waals surface area (Å²) in [6.07, 6.45) is 6.03. The number of fused-ring (bicyclic) bond motifs is 5. The molecule has 1 aromatic carbocycles. The Balaban J connectivity index is 1.49. The van der Waals surface area contributed by atoms with Gasteiger partial charge in [0.1, 0.15) is 17.3 Å². The summed E-state index contributed by atoms with van der Waals surface area (Å²) < 4.78 is 5.25. The summed E-state index contributed by atoms with van der Waals surface area (Å²) >= 11 is 0. The summed E-state index contributed by atoms with van der Waals surface area (Å²) in [6, 6.07) is 7.81. The topological polar surface area (TPSA) is 63.7 Å². The highest BCUT2D eigenvalue weighted by molar-refractivity contribution is 5.96. The van der Waals surface area contributed by atoms with Gasteiger partial charge in [-0.05, 0) is 48.8 Å². The van der Waals surface area contributed by atoms with Crippen molar-refractivity contribution in [2.24, 2.45) is 28.6 Å².